The zero-order valence-electron chi connectivity index (χ0n) is 12.7. The molecule has 0 aromatic heterocycles. The standard InChI is InChI=1S/C17H19ClN2O2/c1-11-9-13(18)5-6-15(11)20-17(21)8-4-12-3-7-16(22-2)14(19)10-12/h3,5-7,9-10H,4,8,19H2,1-2H3,(H,20,21). The SMILES string of the molecule is COc1ccc(CCC(=O)Nc2ccc(Cl)cc2C)cc1N. The van der Waals surface area contributed by atoms with Crippen LogP contribution in [0.4, 0.5) is 11.4 Å². The van der Waals surface area contributed by atoms with Crippen LogP contribution in [0.1, 0.15) is 17.5 Å². The van der Waals surface area contributed by atoms with Gasteiger partial charge in [0.1, 0.15) is 5.75 Å². The molecule has 0 bridgehead atoms. The first-order chi connectivity index (χ1) is 10.5. The Kier molecular flexibility index (Phi) is 5.28. The largest absolute Gasteiger partial charge is 0.495 e. The van der Waals surface area contributed by atoms with Gasteiger partial charge in [0.2, 0.25) is 5.91 Å². The second-order valence-electron chi connectivity index (χ2n) is 5.08. The molecule has 0 fully saturated rings. The molecule has 3 N–H and O–H groups in total. The molecule has 0 aliphatic carbocycles. The summed E-state index contributed by atoms with van der Waals surface area (Å²) in [7, 11) is 1.58. The summed E-state index contributed by atoms with van der Waals surface area (Å²) in [6.45, 7) is 1.91. The van der Waals surface area contributed by atoms with Gasteiger partial charge >= 0.3 is 0 Å². The van der Waals surface area contributed by atoms with Crippen LogP contribution in [0.3, 0.4) is 0 Å². The zero-order chi connectivity index (χ0) is 16.1. The number of ether oxygens (including phenoxy) is 1. The Morgan fingerprint density at radius 1 is 1.27 bits per heavy atom. The predicted molar refractivity (Wildman–Crippen MR) is 90.5 cm³/mol. The van der Waals surface area contributed by atoms with Crippen molar-refractivity contribution in [2.45, 2.75) is 19.8 Å². The van der Waals surface area contributed by atoms with Gasteiger partial charge in [0.05, 0.1) is 12.8 Å². The number of methoxy groups -OCH3 is 1. The van der Waals surface area contributed by atoms with Gasteiger partial charge in [-0.25, -0.2) is 0 Å². The Morgan fingerprint density at radius 3 is 2.68 bits per heavy atom. The summed E-state index contributed by atoms with van der Waals surface area (Å²) < 4.78 is 5.11. The first kappa shape index (κ1) is 16.2. The van der Waals surface area contributed by atoms with Crippen molar-refractivity contribution >= 4 is 28.9 Å². The monoisotopic (exact) mass is 318 g/mol. The Hall–Kier alpha value is -2.20. The number of anilines is 2. The molecule has 2 aromatic rings. The van der Waals surface area contributed by atoms with Crippen molar-refractivity contribution in [2.75, 3.05) is 18.2 Å². The minimum absolute atomic E-state index is 0.0418. The number of carbonyl (C=O) groups is 1. The van der Waals surface area contributed by atoms with Crippen molar-refractivity contribution < 1.29 is 9.53 Å². The van der Waals surface area contributed by atoms with Gasteiger partial charge < -0.3 is 15.8 Å². The number of nitrogen functional groups attached to an aromatic ring is 1. The molecular formula is C17H19ClN2O2. The van der Waals surface area contributed by atoms with Gasteiger partial charge in [-0.1, -0.05) is 17.7 Å². The zero-order valence-corrected chi connectivity index (χ0v) is 13.4. The summed E-state index contributed by atoms with van der Waals surface area (Å²) in [4.78, 5) is 12.0. The molecule has 22 heavy (non-hydrogen) atoms. The van der Waals surface area contributed by atoms with Gasteiger partial charge in [0, 0.05) is 17.1 Å². The van der Waals surface area contributed by atoms with Gasteiger partial charge in [0.15, 0.2) is 0 Å². The smallest absolute Gasteiger partial charge is 0.224 e. The van der Waals surface area contributed by atoms with Crippen LogP contribution >= 0.6 is 11.6 Å². The van der Waals surface area contributed by atoms with Crippen molar-refractivity contribution in [3.05, 3.63) is 52.5 Å². The van der Waals surface area contributed by atoms with Crippen LogP contribution in [-0.2, 0) is 11.2 Å². The summed E-state index contributed by atoms with van der Waals surface area (Å²) in [6.07, 6.45) is 1.00. The Bertz CT molecular complexity index is 686. The molecule has 0 aliphatic rings. The maximum atomic E-state index is 12.0. The number of halogens is 1. The summed E-state index contributed by atoms with van der Waals surface area (Å²) >= 11 is 5.90. The molecule has 0 aliphatic heterocycles. The fourth-order valence-corrected chi connectivity index (χ4v) is 2.40. The second-order valence-corrected chi connectivity index (χ2v) is 5.52. The minimum atomic E-state index is -0.0418. The highest BCUT2D eigenvalue weighted by atomic mass is 35.5. The first-order valence-electron chi connectivity index (χ1n) is 6.98. The molecule has 0 saturated carbocycles. The van der Waals surface area contributed by atoms with E-state index in [4.69, 9.17) is 22.1 Å². The third-order valence-corrected chi connectivity index (χ3v) is 3.63. The van der Waals surface area contributed by atoms with E-state index in [0.717, 1.165) is 16.8 Å². The number of nitrogens with one attached hydrogen (secondary N) is 1. The maximum absolute atomic E-state index is 12.0. The number of aryl methyl sites for hydroxylation is 2. The Balaban J connectivity index is 1.94. The van der Waals surface area contributed by atoms with Crippen molar-refractivity contribution in [2.24, 2.45) is 0 Å². The quantitative estimate of drug-likeness (QED) is 0.824. The van der Waals surface area contributed by atoms with E-state index in [0.29, 0.717) is 29.3 Å². The number of rotatable bonds is 5. The van der Waals surface area contributed by atoms with Gasteiger partial charge in [0.25, 0.3) is 0 Å². The molecule has 116 valence electrons. The minimum Gasteiger partial charge on any atom is -0.495 e. The molecule has 2 aromatic carbocycles. The van der Waals surface area contributed by atoms with E-state index in [1.54, 1.807) is 19.2 Å². The van der Waals surface area contributed by atoms with E-state index in [2.05, 4.69) is 5.32 Å². The molecular weight excluding hydrogens is 300 g/mol. The molecule has 1 amide bonds. The lowest BCUT2D eigenvalue weighted by Gasteiger charge is -2.10. The van der Waals surface area contributed by atoms with Crippen LogP contribution in [0.2, 0.25) is 5.02 Å². The highest BCUT2D eigenvalue weighted by Crippen LogP contribution is 2.23. The first-order valence-corrected chi connectivity index (χ1v) is 7.36. The van der Waals surface area contributed by atoms with Gasteiger partial charge in [-0.05, 0) is 54.8 Å². The topological polar surface area (TPSA) is 64.3 Å². The molecule has 0 spiro atoms. The van der Waals surface area contributed by atoms with Crippen molar-refractivity contribution in [1.82, 2.24) is 0 Å². The lowest BCUT2D eigenvalue weighted by Crippen LogP contribution is -2.13. The molecule has 0 heterocycles. The average molecular weight is 319 g/mol. The molecule has 2 rings (SSSR count). The maximum Gasteiger partial charge on any atom is 0.224 e. The summed E-state index contributed by atoms with van der Waals surface area (Å²) in [6, 6.07) is 10.9. The fraction of sp³-hybridized carbons (Fsp3) is 0.235. The predicted octanol–water partition coefficient (Wildman–Crippen LogP) is 3.81. The number of amides is 1. The number of carbonyl (C=O) groups excluding carboxylic acids is 1. The number of hydrogen-bond acceptors (Lipinski definition) is 3. The van der Waals surface area contributed by atoms with Crippen LogP contribution in [0, 0.1) is 6.92 Å². The lowest BCUT2D eigenvalue weighted by atomic mass is 10.1. The molecule has 4 nitrogen and oxygen atoms in total. The van der Waals surface area contributed by atoms with Gasteiger partial charge in [-0.2, -0.15) is 0 Å². The fourth-order valence-electron chi connectivity index (χ4n) is 2.18. The second kappa shape index (κ2) is 7.18. The number of hydrogen-bond donors (Lipinski definition) is 2. The summed E-state index contributed by atoms with van der Waals surface area (Å²) in [5.41, 5.74) is 9.16. The average Bonchev–Trinajstić information content (AvgIpc) is 2.48. The van der Waals surface area contributed by atoms with E-state index in [1.165, 1.54) is 0 Å². The van der Waals surface area contributed by atoms with E-state index in [1.807, 2.05) is 31.2 Å². The van der Waals surface area contributed by atoms with Crippen LogP contribution < -0.4 is 15.8 Å². The third kappa shape index (κ3) is 4.15. The van der Waals surface area contributed by atoms with E-state index in [9.17, 15) is 4.79 Å². The van der Waals surface area contributed by atoms with Gasteiger partial charge in [-0.15, -0.1) is 0 Å². The van der Waals surface area contributed by atoms with Crippen LogP contribution in [0.5, 0.6) is 5.75 Å². The van der Waals surface area contributed by atoms with Crippen molar-refractivity contribution in [3.8, 4) is 5.75 Å². The number of nitrogens with two attached hydrogens (primary N) is 1. The molecule has 5 heteroatoms. The summed E-state index contributed by atoms with van der Waals surface area (Å²) in [5, 5.41) is 3.55. The van der Waals surface area contributed by atoms with E-state index in [-0.39, 0.29) is 5.91 Å². The third-order valence-electron chi connectivity index (χ3n) is 3.40. The Labute approximate surface area is 135 Å². The van der Waals surface area contributed by atoms with E-state index >= 15 is 0 Å². The number of benzene rings is 2. The molecule has 0 saturated heterocycles. The van der Waals surface area contributed by atoms with Gasteiger partial charge in [-0.3, -0.25) is 4.79 Å². The van der Waals surface area contributed by atoms with Crippen molar-refractivity contribution in [1.29, 1.82) is 0 Å². The molecule has 0 atom stereocenters. The molecule has 0 unspecified atom stereocenters. The summed E-state index contributed by atoms with van der Waals surface area (Å²) in [5.74, 6) is 0.602. The Morgan fingerprint density at radius 2 is 2.05 bits per heavy atom. The van der Waals surface area contributed by atoms with E-state index < -0.39 is 0 Å². The normalized spacial score (nSPS) is 10.3. The van der Waals surface area contributed by atoms with Crippen LogP contribution in [0.15, 0.2) is 36.4 Å². The van der Waals surface area contributed by atoms with Crippen LogP contribution in [0.25, 0.3) is 0 Å². The van der Waals surface area contributed by atoms with Crippen LogP contribution in [-0.4, -0.2) is 13.0 Å². The highest BCUT2D eigenvalue weighted by molar-refractivity contribution is 6.30. The molecule has 0 radical (unpaired) electrons. The van der Waals surface area contributed by atoms with Crippen molar-refractivity contribution in [3.63, 3.8) is 0 Å². The highest BCUT2D eigenvalue weighted by Gasteiger charge is 2.07. The lowest BCUT2D eigenvalue weighted by molar-refractivity contribution is -0.116.